The molecule has 12 nitrogen and oxygen atoms in total. The molecular weight excluding hydrogens is 689 g/mol. The van der Waals surface area contributed by atoms with Crippen LogP contribution in [0.1, 0.15) is 64.2 Å². The molecule has 2 saturated heterocycles. The molecule has 3 aromatic rings. The molecule has 2 atom stereocenters. The highest BCUT2D eigenvalue weighted by atomic mass is 35.5. The first-order valence-corrected chi connectivity index (χ1v) is 19.8. The van der Waals surface area contributed by atoms with E-state index in [2.05, 4.69) is 19.9 Å². The molecule has 3 fully saturated rings. The number of anilines is 1. The number of benzene rings is 2. The van der Waals surface area contributed by atoms with Crippen LogP contribution in [0.25, 0.3) is 11.0 Å². The second kappa shape index (κ2) is 14.2. The predicted molar refractivity (Wildman–Crippen MR) is 178 cm³/mol. The Kier molecular flexibility index (Phi) is 10.4. The number of hydrogen-bond donors (Lipinski definition) is 2. The van der Waals surface area contributed by atoms with Gasteiger partial charge in [0.1, 0.15) is 10.4 Å². The first-order valence-electron chi connectivity index (χ1n) is 16.1. The summed E-state index contributed by atoms with van der Waals surface area (Å²) in [5.74, 6) is -0.350. The number of nitrogens with one attached hydrogen (secondary N) is 1. The van der Waals surface area contributed by atoms with Crippen LogP contribution < -0.4 is 9.62 Å². The van der Waals surface area contributed by atoms with Crippen LogP contribution in [-0.4, -0.2) is 74.8 Å². The Hall–Kier alpha value is -2.49. The Labute approximate surface area is 284 Å². The van der Waals surface area contributed by atoms with Crippen molar-refractivity contribution >= 4 is 65.9 Å². The second-order valence-corrected chi connectivity index (χ2v) is 17.4. The number of carbonyl (C=O) groups is 1. The maximum Gasteiger partial charge on any atom is 0.306 e. The van der Waals surface area contributed by atoms with E-state index in [1.54, 1.807) is 18.2 Å². The van der Waals surface area contributed by atoms with Gasteiger partial charge in [-0.1, -0.05) is 42.5 Å². The Morgan fingerprint density at radius 3 is 2.21 bits per heavy atom. The highest BCUT2D eigenvalue weighted by Crippen LogP contribution is 2.36. The summed E-state index contributed by atoms with van der Waals surface area (Å²) in [6.45, 7) is 2.54. The van der Waals surface area contributed by atoms with E-state index in [1.165, 1.54) is 16.4 Å². The molecule has 47 heavy (non-hydrogen) atoms. The van der Waals surface area contributed by atoms with E-state index in [0.717, 1.165) is 63.7 Å². The van der Waals surface area contributed by atoms with Gasteiger partial charge in [-0.15, -0.1) is 0 Å². The van der Waals surface area contributed by atoms with E-state index >= 15 is 0 Å². The fourth-order valence-corrected chi connectivity index (χ4v) is 11.1. The summed E-state index contributed by atoms with van der Waals surface area (Å²) in [6, 6.07) is 7.50. The van der Waals surface area contributed by atoms with Crippen LogP contribution in [-0.2, 0) is 24.8 Å². The smallest absolute Gasteiger partial charge is 0.306 e. The number of nitrogens with zero attached hydrogens (tertiary/aromatic N) is 4. The molecule has 1 aliphatic carbocycles. The summed E-state index contributed by atoms with van der Waals surface area (Å²) < 4.78 is 61.6. The number of hydrogen-bond acceptors (Lipinski definition) is 9. The van der Waals surface area contributed by atoms with Crippen LogP contribution in [0.4, 0.5) is 5.69 Å². The average molecular weight is 729 g/mol. The van der Waals surface area contributed by atoms with Gasteiger partial charge in [0.2, 0.25) is 20.0 Å². The lowest BCUT2D eigenvalue weighted by Gasteiger charge is -2.35. The zero-order chi connectivity index (χ0) is 33.3. The van der Waals surface area contributed by atoms with Gasteiger partial charge in [-0.25, -0.2) is 26.2 Å². The second-order valence-electron chi connectivity index (χ2n) is 13.0. The number of halogens is 2. The Bertz CT molecular complexity index is 1820. The van der Waals surface area contributed by atoms with E-state index in [4.69, 9.17) is 27.8 Å². The van der Waals surface area contributed by atoms with Crippen molar-refractivity contribution in [2.24, 2.45) is 17.8 Å². The number of carboxylic acid groups (broad SMARTS) is 1. The summed E-state index contributed by atoms with van der Waals surface area (Å²) in [4.78, 5) is 13.5. The van der Waals surface area contributed by atoms with Crippen molar-refractivity contribution in [1.82, 2.24) is 19.3 Å². The number of sulfonamides is 2. The zero-order valence-electron chi connectivity index (χ0n) is 25.9. The molecule has 0 amide bonds. The Morgan fingerprint density at radius 2 is 1.57 bits per heavy atom. The molecule has 2 aromatic carbocycles. The molecular formula is C31H39Cl2N5O7S2. The van der Waals surface area contributed by atoms with Gasteiger partial charge < -0.3 is 10.0 Å². The topological polar surface area (TPSA) is 163 Å². The lowest BCUT2D eigenvalue weighted by molar-refractivity contribution is -0.141. The van der Waals surface area contributed by atoms with Gasteiger partial charge in [0.15, 0.2) is 5.52 Å². The third-order valence-electron chi connectivity index (χ3n) is 10.0. The summed E-state index contributed by atoms with van der Waals surface area (Å²) in [5, 5.41) is 17.2. The summed E-state index contributed by atoms with van der Waals surface area (Å²) >= 11 is 12.9. The number of carboxylic acids is 1. The summed E-state index contributed by atoms with van der Waals surface area (Å²) in [7, 11) is -7.64. The number of fused-ring (bicyclic) bond motifs is 1. The monoisotopic (exact) mass is 727 g/mol. The summed E-state index contributed by atoms with van der Waals surface area (Å²) in [6.07, 6.45) is 8.14. The number of rotatable bonds is 11. The minimum absolute atomic E-state index is 0.0430. The normalized spacial score (nSPS) is 22.3. The molecule has 3 heterocycles. The SMILES string of the molecule is O=C(O)C1CCC(NS(=O)(=O)c2ccc(N3CCC(CCCC4CCN(S(=O)(=O)c5c(Cl)ccc6nonc56)CC4)CC3)c(Cl)c2)C1. The third-order valence-corrected chi connectivity index (χ3v) is 14.2. The molecule has 16 heteroatoms. The summed E-state index contributed by atoms with van der Waals surface area (Å²) in [5.41, 5.74) is 1.32. The van der Waals surface area contributed by atoms with E-state index in [0.29, 0.717) is 48.3 Å². The molecule has 0 bridgehead atoms. The van der Waals surface area contributed by atoms with Crippen molar-refractivity contribution in [3.05, 3.63) is 40.4 Å². The number of aromatic nitrogens is 2. The van der Waals surface area contributed by atoms with Crippen LogP contribution >= 0.6 is 23.2 Å². The fraction of sp³-hybridized carbons (Fsp3) is 0.581. The first-order chi connectivity index (χ1) is 22.4. The van der Waals surface area contributed by atoms with Crippen LogP contribution in [0.5, 0.6) is 0 Å². The molecule has 2 aliphatic heterocycles. The van der Waals surface area contributed by atoms with Gasteiger partial charge in [-0.2, -0.15) is 4.31 Å². The third kappa shape index (κ3) is 7.57. The minimum Gasteiger partial charge on any atom is -0.481 e. The van der Waals surface area contributed by atoms with Crippen molar-refractivity contribution in [2.75, 3.05) is 31.1 Å². The van der Waals surface area contributed by atoms with E-state index in [-0.39, 0.29) is 26.8 Å². The van der Waals surface area contributed by atoms with Crippen LogP contribution in [0.3, 0.4) is 0 Å². The maximum absolute atomic E-state index is 13.4. The fourth-order valence-electron chi connectivity index (χ4n) is 7.29. The van der Waals surface area contributed by atoms with Gasteiger partial charge in [-0.05, 0) is 97.4 Å². The molecule has 0 spiro atoms. The van der Waals surface area contributed by atoms with E-state index < -0.39 is 38.0 Å². The van der Waals surface area contributed by atoms with E-state index in [9.17, 15) is 26.7 Å². The number of aliphatic carboxylic acids is 1. The Morgan fingerprint density at radius 1 is 0.894 bits per heavy atom. The lowest BCUT2D eigenvalue weighted by Crippen LogP contribution is -2.38. The highest BCUT2D eigenvalue weighted by molar-refractivity contribution is 7.89. The zero-order valence-corrected chi connectivity index (χ0v) is 29.0. The van der Waals surface area contributed by atoms with Crippen molar-refractivity contribution in [1.29, 1.82) is 0 Å². The maximum atomic E-state index is 13.4. The standard InChI is InChI=1S/C31H39Cl2N5O7S2/c32-25-7-8-27-29(35-45-34-27)30(25)47(43,44)38-16-12-21(13-17-38)3-1-2-20-10-14-37(15-11-20)28-9-6-24(19-26(28)33)46(41,42)36-23-5-4-22(18-23)31(39)40/h6-9,19-23,36H,1-5,10-18H2,(H,39,40). The van der Waals surface area contributed by atoms with E-state index in [1.807, 2.05) is 0 Å². The van der Waals surface area contributed by atoms with Crippen LogP contribution in [0.2, 0.25) is 10.0 Å². The molecule has 2 unspecified atom stereocenters. The van der Waals surface area contributed by atoms with Gasteiger partial charge in [0, 0.05) is 32.2 Å². The Balaban J connectivity index is 0.939. The first kappa shape index (κ1) is 34.4. The average Bonchev–Trinajstić information content (AvgIpc) is 3.71. The molecule has 6 rings (SSSR count). The molecule has 1 saturated carbocycles. The molecule has 256 valence electrons. The molecule has 1 aromatic heterocycles. The van der Waals surface area contributed by atoms with Gasteiger partial charge in [0.05, 0.1) is 26.5 Å². The molecule has 0 radical (unpaired) electrons. The quantitative estimate of drug-likeness (QED) is 0.256. The van der Waals surface area contributed by atoms with Crippen molar-refractivity contribution in [3.8, 4) is 0 Å². The van der Waals surface area contributed by atoms with Gasteiger partial charge in [-0.3, -0.25) is 4.79 Å². The van der Waals surface area contributed by atoms with Crippen LogP contribution in [0.15, 0.2) is 44.8 Å². The highest BCUT2D eigenvalue weighted by Gasteiger charge is 2.35. The lowest BCUT2D eigenvalue weighted by atomic mass is 9.87. The van der Waals surface area contributed by atoms with Crippen molar-refractivity contribution < 1.29 is 31.4 Å². The molecule has 3 aliphatic rings. The number of piperidine rings is 2. The largest absolute Gasteiger partial charge is 0.481 e. The van der Waals surface area contributed by atoms with Crippen LogP contribution in [0, 0.1) is 17.8 Å². The van der Waals surface area contributed by atoms with Crippen molar-refractivity contribution in [2.45, 2.75) is 80.0 Å². The van der Waals surface area contributed by atoms with Gasteiger partial charge in [0.25, 0.3) is 0 Å². The predicted octanol–water partition coefficient (Wildman–Crippen LogP) is 5.55. The van der Waals surface area contributed by atoms with Gasteiger partial charge >= 0.3 is 5.97 Å². The van der Waals surface area contributed by atoms with Crippen molar-refractivity contribution in [3.63, 3.8) is 0 Å². The molecule has 2 N–H and O–H groups in total. The minimum atomic E-state index is -3.83.